The maximum Gasteiger partial charge on any atom is 0.0806 e. The van der Waals surface area contributed by atoms with Crippen LogP contribution in [-0.4, -0.2) is 11.4 Å². The monoisotopic (exact) mass is 247 g/mol. The number of hydrogen-bond acceptors (Lipinski definition) is 6. The smallest absolute Gasteiger partial charge is 0.0806 e. The van der Waals surface area contributed by atoms with Crippen LogP contribution in [0.15, 0.2) is 34.8 Å². The molecule has 2 rings (SSSR count). The van der Waals surface area contributed by atoms with Gasteiger partial charge >= 0.3 is 0 Å². The molecule has 2 heterocycles. The number of nitrogens with zero attached hydrogens (tertiary/aromatic N) is 1. The van der Waals surface area contributed by atoms with Gasteiger partial charge in [-0.05, 0) is 16.2 Å². The van der Waals surface area contributed by atoms with Crippen molar-refractivity contribution in [2.24, 2.45) is 5.16 Å². The molecule has 0 aromatic carbocycles. The van der Waals surface area contributed by atoms with Crippen LogP contribution in [0.25, 0.3) is 0 Å². The second-order valence-corrected chi connectivity index (χ2v) is 6.38. The van der Waals surface area contributed by atoms with Crippen molar-refractivity contribution < 1.29 is 5.21 Å². The maximum absolute atomic E-state index is 8.35. The van der Waals surface area contributed by atoms with Gasteiger partial charge in [0.1, 0.15) is 0 Å². The van der Waals surface area contributed by atoms with Crippen LogP contribution in [0.5, 0.6) is 0 Å². The van der Waals surface area contributed by atoms with E-state index in [-0.39, 0.29) is 0 Å². The first-order valence-electron chi connectivity index (χ1n) is 3.35. The molecule has 2 nitrogen and oxygen atoms in total. The number of hydrogen-bond donors (Lipinski definition) is 1. The molecule has 0 aliphatic carbocycles. The Morgan fingerprint density at radius 3 is 2.62 bits per heavy atom. The quantitative estimate of drug-likeness (QED) is 0.432. The molecule has 1 N–H and O–H groups in total. The lowest BCUT2D eigenvalue weighted by molar-refractivity contribution is 0.322. The highest BCUT2D eigenvalue weighted by atomic mass is 32.2. The van der Waals surface area contributed by atoms with Gasteiger partial charge in [-0.1, -0.05) is 52.2 Å². The number of allylic oxidation sites excluding steroid dienone is 1. The normalized spacial score (nSPS) is 22.0. The minimum absolute atomic E-state index is 0.989. The Labute approximate surface area is 93.0 Å². The summed E-state index contributed by atoms with van der Waals surface area (Å²) >= 11 is 6.81. The summed E-state index contributed by atoms with van der Waals surface area (Å²) in [7, 11) is 0. The zero-order valence-corrected chi connectivity index (χ0v) is 9.60. The van der Waals surface area contributed by atoms with E-state index in [4.69, 9.17) is 5.21 Å². The van der Waals surface area contributed by atoms with Crippen molar-refractivity contribution in [2.75, 3.05) is 0 Å². The minimum atomic E-state index is 0.989. The zero-order valence-electron chi connectivity index (χ0n) is 6.34. The Morgan fingerprint density at radius 1 is 1.15 bits per heavy atom. The van der Waals surface area contributed by atoms with Gasteiger partial charge in [-0.15, -0.1) is 0 Å². The fraction of sp³-hybridized carbons (Fsp3) is 0. The van der Waals surface area contributed by atoms with Crippen LogP contribution in [0.1, 0.15) is 0 Å². The summed E-state index contributed by atoms with van der Waals surface area (Å²) in [5.41, 5.74) is 0. The summed E-state index contributed by atoms with van der Waals surface area (Å²) in [6, 6.07) is 0. The van der Waals surface area contributed by atoms with Crippen LogP contribution in [-0.2, 0) is 0 Å². The van der Waals surface area contributed by atoms with Gasteiger partial charge in [-0.2, -0.15) is 0 Å². The van der Waals surface area contributed by atoms with Gasteiger partial charge in [-0.25, -0.2) is 0 Å². The number of rotatable bonds is 1. The molecule has 0 aromatic rings. The molecule has 0 radical (unpaired) electrons. The second-order valence-electron chi connectivity index (χ2n) is 2.07. The van der Waals surface area contributed by atoms with Crippen molar-refractivity contribution in [3.05, 3.63) is 29.6 Å². The fourth-order valence-corrected chi connectivity index (χ4v) is 5.07. The Kier molecular flexibility index (Phi) is 3.37. The SMILES string of the molecule is O/N=C/C1=CSC(=C2SC=CS2)S1. The molecule has 0 fully saturated rings. The Balaban J connectivity index is 2.05. The van der Waals surface area contributed by atoms with Gasteiger partial charge in [0.2, 0.25) is 0 Å². The molecule has 13 heavy (non-hydrogen) atoms. The molecule has 0 unspecified atom stereocenters. The number of oxime groups is 1. The average Bonchev–Trinajstić information content (AvgIpc) is 2.70. The topological polar surface area (TPSA) is 32.6 Å². The van der Waals surface area contributed by atoms with E-state index in [1.54, 1.807) is 47.0 Å². The van der Waals surface area contributed by atoms with Crippen molar-refractivity contribution in [3.63, 3.8) is 0 Å². The van der Waals surface area contributed by atoms with Crippen molar-refractivity contribution in [1.82, 2.24) is 0 Å². The van der Waals surface area contributed by atoms with E-state index in [1.807, 2.05) is 5.41 Å². The molecule has 0 spiro atoms. The third-order valence-electron chi connectivity index (χ3n) is 1.25. The first-order valence-corrected chi connectivity index (χ1v) is 6.80. The average molecular weight is 247 g/mol. The predicted octanol–water partition coefficient (Wildman–Crippen LogP) is 3.85. The highest BCUT2D eigenvalue weighted by Gasteiger charge is 2.17. The summed E-state index contributed by atoms with van der Waals surface area (Å²) < 4.78 is 2.59. The molecule has 0 aromatic heterocycles. The molecular weight excluding hydrogens is 242 g/mol. The summed E-state index contributed by atoms with van der Waals surface area (Å²) in [6.07, 6.45) is 1.46. The Bertz CT molecular complexity index is 321. The highest BCUT2D eigenvalue weighted by Crippen LogP contribution is 2.52. The van der Waals surface area contributed by atoms with Crippen LogP contribution in [0, 0.1) is 0 Å². The van der Waals surface area contributed by atoms with Crippen LogP contribution in [0.4, 0.5) is 0 Å². The first-order chi connectivity index (χ1) is 6.40. The lowest BCUT2D eigenvalue weighted by Crippen LogP contribution is -1.72. The van der Waals surface area contributed by atoms with Gasteiger partial charge < -0.3 is 5.21 Å². The predicted molar refractivity (Wildman–Crippen MR) is 64.9 cm³/mol. The van der Waals surface area contributed by atoms with Crippen LogP contribution >= 0.6 is 47.0 Å². The first kappa shape index (κ1) is 9.64. The van der Waals surface area contributed by atoms with Crippen LogP contribution in [0.3, 0.4) is 0 Å². The fourth-order valence-electron chi connectivity index (χ4n) is 0.773. The molecular formula is C7H5NOS4. The molecule has 2 aliphatic heterocycles. The van der Waals surface area contributed by atoms with Gasteiger partial charge in [0.25, 0.3) is 0 Å². The van der Waals surface area contributed by atoms with Crippen molar-refractivity contribution >= 4 is 53.3 Å². The maximum atomic E-state index is 8.35. The van der Waals surface area contributed by atoms with Crippen molar-refractivity contribution in [3.8, 4) is 0 Å². The van der Waals surface area contributed by atoms with E-state index in [0.29, 0.717) is 0 Å². The van der Waals surface area contributed by atoms with Gasteiger partial charge in [0, 0.05) is 4.91 Å². The Morgan fingerprint density at radius 2 is 1.92 bits per heavy atom. The molecule has 2 aliphatic rings. The van der Waals surface area contributed by atoms with Gasteiger partial charge in [-0.3, -0.25) is 0 Å². The van der Waals surface area contributed by atoms with Crippen molar-refractivity contribution in [2.45, 2.75) is 0 Å². The molecule has 0 saturated heterocycles. The van der Waals surface area contributed by atoms with Crippen LogP contribution < -0.4 is 0 Å². The van der Waals surface area contributed by atoms with E-state index < -0.39 is 0 Å². The van der Waals surface area contributed by atoms with E-state index >= 15 is 0 Å². The second kappa shape index (κ2) is 4.54. The summed E-state index contributed by atoms with van der Waals surface area (Å²) in [5.74, 6) is 0. The zero-order chi connectivity index (χ0) is 9.10. The molecule has 0 bridgehead atoms. The lowest BCUT2D eigenvalue weighted by Gasteiger charge is -1.98. The van der Waals surface area contributed by atoms with E-state index in [0.717, 1.165) is 4.91 Å². The van der Waals surface area contributed by atoms with E-state index in [2.05, 4.69) is 16.0 Å². The van der Waals surface area contributed by atoms with Gasteiger partial charge in [0.15, 0.2) is 0 Å². The van der Waals surface area contributed by atoms with Crippen LogP contribution in [0.2, 0.25) is 0 Å². The lowest BCUT2D eigenvalue weighted by atomic mass is 10.7. The summed E-state index contributed by atoms with van der Waals surface area (Å²) in [5, 5.41) is 17.5. The minimum Gasteiger partial charge on any atom is -0.411 e. The van der Waals surface area contributed by atoms with Gasteiger partial charge in [0.05, 0.1) is 14.7 Å². The molecule has 0 saturated carbocycles. The molecule has 0 atom stereocenters. The largest absolute Gasteiger partial charge is 0.411 e. The standard InChI is InChI=1S/C7H5NOS4/c9-8-3-5-4-12-7(13-5)6-10-1-2-11-6/h1-4,9H/b8-3+. The molecule has 68 valence electrons. The summed E-state index contributed by atoms with van der Waals surface area (Å²) in [4.78, 5) is 0.989. The molecule has 6 heteroatoms. The number of thioether (sulfide) groups is 4. The molecule has 0 amide bonds. The highest BCUT2D eigenvalue weighted by molar-refractivity contribution is 8.33. The third-order valence-corrected chi connectivity index (χ3v) is 6.22. The Hall–Kier alpha value is 0.0900. The van der Waals surface area contributed by atoms with E-state index in [9.17, 15) is 0 Å². The van der Waals surface area contributed by atoms with Crippen molar-refractivity contribution in [1.29, 1.82) is 0 Å². The summed E-state index contributed by atoms with van der Waals surface area (Å²) in [6.45, 7) is 0. The van der Waals surface area contributed by atoms with E-state index in [1.165, 1.54) is 14.7 Å². The third kappa shape index (κ3) is 2.31.